The van der Waals surface area contributed by atoms with Crippen LogP contribution in [0.5, 0.6) is 5.75 Å². The topological polar surface area (TPSA) is 38.0 Å². The van der Waals surface area contributed by atoms with Gasteiger partial charge in [0.2, 0.25) is 0 Å². The summed E-state index contributed by atoms with van der Waals surface area (Å²) in [6.07, 6.45) is 1.82. The van der Waals surface area contributed by atoms with Gasteiger partial charge in [0.05, 0.1) is 11.1 Å². The van der Waals surface area contributed by atoms with Gasteiger partial charge in [-0.3, -0.25) is 0 Å². The first-order chi connectivity index (χ1) is 8.30. The van der Waals surface area contributed by atoms with E-state index < -0.39 is 6.67 Å². The van der Waals surface area contributed by atoms with Crippen LogP contribution in [-0.2, 0) is 6.54 Å². The molecule has 0 aliphatic heterocycles. The number of halogens is 1. The number of fused-ring (bicyclic) bond motifs is 1. The van der Waals surface area contributed by atoms with Gasteiger partial charge in [-0.1, -0.05) is 0 Å². The molecule has 0 atom stereocenters. The molecule has 1 aromatic heterocycles. The van der Waals surface area contributed by atoms with E-state index in [1.807, 2.05) is 29.8 Å². The number of benzene rings is 1. The van der Waals surface area contributed by atoms with E-state index >= 15 is 0 Å². The van der Waals surface area contributed by atoms with Crippen molar-refractivity contribution in [1.29, 1.82) is 5.26 Å². The van der Waals surface area contributed by atoms with Crippen LogP contribution in [0.4, 0.5) is 4.39 Å². The monoisotopic (exact) mass is 232 g/mol. The van der Waals surface area contributed by atoms with Gasteiger partial charge < -0.3 is 9.30 Å². The van der Waals surface area contributed by atoms with Crippen molar-refractivity contribution in [3.8, 4) is 11.8 Å². The lowest BCUT2D eigenvalue weighted by Crippen LogP contribution is -1.99. The first kappa shape index (κ1) is 11.5. The third-order valence-corrected chi connectivity index (χ3v) is 2.66. The molecule has 0 bridgehead atoms. The number of ether oxygens (including phenoxy) is 1. The molecule has 0 unspecified atom stereocenters. The summed E-state index contributed by atoms with van der Waals surface area (Å²) >= 11 is 0. The van der Waals surface area contributed by atoms with Crippen LogP contribution in [0, 0.1) is 11.3 Å². The first-order valence-electron chi connectivity index (χ1n) is 5.52. The molecule has 1 heterocycles. The lowest BCUT2D eigenvalue weighted by molar-refractivity contribution is 0.273. The Kier molecular flexibility index (Phi) is 3.29. The highest BCUT2D eigenvalue weighted by Crippen LogP contribution is 2.25. The van der Waals surface area contributed by atoms with Crippen LogP contribution in [0.25, 0.3) is 10.9 Å². The van der Waals surface area contributed by atoms with Gasteiger partial charge in [-0.2, -0.15) is 5.26 Å². The van der Waals surface area contributed by atoms with E-state index in [0.29, 0.717) is 11.3 Å². The van der Waals surface area contributed by atoms with Crippen molar-refractivity contribution in [3.63, 3.8) is 0 Å². The molecule has 0 N–H and O–H groups in total. The summed E-state index contributed by atoms with van der Waals surface area (Å²) < 4.78 is 19.2. The van der Waals surface area contributed by atoms with Crippen LogP contribution < -0.4 is 4.74 Å². The number of aryl methyl sites for hydroxylation is 1. The quantitative estimate of drug-likeness (QED) is 0.812. The highest BCUT2D eigenvalue weighted by molar-refractivity contribution is 5.87. The SMILES string of the molecule is CCn1cc(C#N)c2ccc(OCCF)cc21. The number of alkyl halides is 1. The average molecular weight is 232 g/mol. The van der Waals surface area contributed by atoms with Gasteiger partial charge >= 0.3 is 0 Å². The van der Waals surface area contributed by atoms with E-state index in [-0.39, 0.29) is 6.61 Å². The standard InChI is InChI=1S/C13H13FN2O/c1-2-16-9-10(8-15)12-4-3-11(7-13(12)16)17-6-5-14/h3-4,7,9H,2,5-6H2,1H3. The lowest BCUT2D eigenvalue weighted by Gasteiger charge is -2.05. The summed E-state index contributed by atoms with van der Waals surface area (Å²) in [7, 11) is 0. The van der Waals surface area contributed by atoms with Crippen LogP contribution >= 0.6 is 0 Å². The Hall–Kier alpha value is -2.02. The Bertz CT molecular complexity index is 569. The predicted octanol–water partition coefficient (Wildman–Crippen LogP) is 2.88. The highest BCUT2D eigenvalue weighted by Gasteiger charge is 2.08. The van der Waals surface area contributed by atoms with E-state index in [1.165, 1.54) is 0 Å². The average Bonchev–Trinajstić information content (AvgIpc) is 2.73. The van der Waals surface area contributed by atoms with Crippen molar-refractivity contribution in [1.82, 2.24) is 4.57 Å². The molecule has 0 aliphatic carbocycles. The number of rotatable bonds is 4. The van der Waals surface area contributed by atoms with Gasteiger partial charge in [0, 0.05) is 24.2 Å². The van der Waals surface area contributed by atoms with Gasteiger partial charge in [-0.15, -0.1) is 0 Å². The fraction of sp³-hybridized carbons (Fsp3) is 0.308. The van der Waals surface area contributed by atoms with Crippen molar-refractivity contribution < 1.29 is 9.13 Å². The van der Waals surface area contributed by atoms with E-state index in [9.17, 15) is 4.39 Å². The lowest BCUT2D eigenvalue weighted by atomic mass is 10.2. The van der Waals surface area contributed by atoms with Crippen molar-refractivity contribution in [2.75, 3.05) is 13.3 Å². The molecule has 2 rings (SSSR count). The van der Waals surface area contributed by atoms with Gasteiger partial charge in [0.25, 0.3) is 0 Å². The minimum atomic E-state index is -0.504. The molecule has 17 heavy (non-hydrogen) atoms. The van der Waals surface area contributed by atoms with Gasteiger partial charge in [-0.05, 0) is 19.1 Å². The molecule has 2 aromatic rings. The molecule has 0 radical (unpaired) electrons. The third-order valence-electron chi connectivity index (χ3n) is 2.66. The van der Waals surface area contributed by atoms with E-state index in [0.717, 1.165) is 17.4 Å². The number of nitrogens with zero attached hydrogens (tertiary/aromatic N) is 2. The molecule has 3 nitrogen and oxygen atoms in total. The zero-order valence-corrected chi connectivity index (χ0v) is 9.61. The third kappa shape index (κ3) is 2.09. The normalized spacial score (nSPS) is 10.4. The maximum absolute atomic E-state index is 12.0. The Labute approximate surface area is 99.0 Å². The zero-order valence-electron chi connectivity index (χ0n) is 9.61. The molecule has 0 spiro atoms. The molecule has 0 amide bonds. The summed E-state index contributed by atoms with van der Waals surface area (Å²) in [5.41, 5.74) is 1.60. The predicted molar refractivity (Wildman–Crippen MR) is 63.8 cm³/mol. The Morgan fingerprint density at radius 2 is 2.29 bits per heavy atom. The Morgan fingerprint density at radius 3 is 2.94 bits per heavy atom. The largest absolute Gasteiger partial charge is 0.491 e. The van der Waals surface area contributed by atoms with Crippen molar-refractivity contribution >= 4 is 10.9 Å². The Morgan fingerprint density at radius 1 is 1.47 bits per heavy atom. The summed E-state index contributed by atoms with van der Waals surface area (Å²) in [6.45, 7) is 2.35. The van der Waals surface area contributed by atoms with Crippen LogP contribution in [0.1, 0.15) is 12.5 Å². The highest BCUT2D eigenvalue weighted by atomic mass is 19.1. The van der Waals surface area contributed by atoms with Crippen molar-refractivity contribution in [3.05, 3.63) is 30.0 Å². The fourth-order valence-corrected chi connectivity index (χ4v) is 1.87. The number of hydrogen-bond acceptors (Lipinski definition) is 2. The van der Waals surface area contributed by atoms with Crippen molar-refractivity contribution in [2.24, 2.45) is 0 Å². The summed E-state index contributed by atoms with van der Waals surface area (Å²) in [6, 6.07) is 7.61. The molecule has 0 fully saturated rings. The second kappa shape index (κ2) is 4.88. The second-order valence-corrected chi connectivity index (χ2v) is 3.66. The smallest absolute Gasteiger partial charge is 0.123 e. The molecule has 0 saturated carbocycles. The number of nitriles is 1. The second-order valence-electron chi connectivity index (χ2n) is 3.66. The van der Waals surface area contributed by atoms with Gasteiger partial charge in [-0.25, -0.2) is 4.39 Å². The summed E-state index contributed by atoms with van der Waals surface area (Å²) in [5.74, 6) is 0.632. The first-order valence-corrected chi connectivity index (χ1v) is 5.52. The Balaban J connectivity index is 2.49. The van der Waals surface area contributed by atoms with Gasteiger partial charge in [0.15, 0.2) is 0 Å². The molecule has 88 valence electrons. The van der Waals surface area contributed by atoms with E-state index in [2.05, 4.69) is 6.07 Å². The molecule has 1 aromatic carbocycles. The van der Waals surface area contributed by atoms with E-state index in [1.54, 1.807) is 6.07 Å². The van der Waals surface area contributed by atoms with Crippen molar-refractivity contribution in [2.45, 2.75) is 13.5 Å². The van der Waals surface area contributed by atoms with Gasteiger partial charge in [0.1, 0.15) is 25.1 Å². The number of hydrogen-bond donors (Lipinski definition) is 0. The van der Waals surface area contributed by atoms with Crippen LogP contribution in [0.3, 0.4) is 0 Å². The van der Waals surface area contributed by atoms with E-state index in [4.69, 9.17) is 10.00 Å². The van der Waals surface area contributed by atoms with Crippen LogP contribution in [0.2, 0.25) is 0 Å². The molecule has 0 aliphatic rings. The number of aromatic nitrogens is 1. The molecular weight excluding hydrogens is 219 g/mol. The molecule has 4 heteroatoms. The minimum absolute atomic E-state index is 0.0590. The maximum atomic E-state index is 12.0. The molecular formula is C13H13FN2O. The summed E-state index contributed by atoms with van der Waals surface area (Å²) in [5, 5.41) is 9.92. The minimum Gasteiger partial charge on any atom is -0.491 e. The fourth-order valence-electron chi connectivity index (χ4n) is 1.87. The maximum Gasteiger partial charge on any atom is 0.123 e. The van der Waals surface area contributed by atoms with Crippen LogP contribution in [0.15, 0.2) is 24.4 Å². The zero-order chi connectivity index (χ0) is 12.3. The summed E-state index contributed by atoms with van der Waals surface area (Å²) in [4.78, 5) is 0. The molecule has 0 saturated heterocycles. The van der Waals surface area contributed by atoms with Crippen LogP contribution in [-0.4, -0.2) is 17.8 Å².